The molecule has 2 N–H and O–H groups in total. The number of hydrogen-bond acceptors (Lipinski definition) is 4. The number of nitrogens with two attached hydrogens (primary N) is 1. The van der Waals surface area contributed by atoms with Crippen LogP contribution >= 0.6 is 0 Å². The summed E-state index contributed by atoms with van der Waals surface area (Å²) < 4.78 is 10.6. The molecule has 0 aromatic heterocycles. The molecule has 0 aliphatic carbocycles. The van der Waals surface area contributed by atoms with Gasteiger partial charge in [0.05, 0.1) is 19.3 Å². The highest BCUT2D eigenvalue weighted by atomic mass is 16.6. The first-order chi connectivity index (χ1) is 8.87. The smallest absolute Gasteiger partial charge is 0.415 e. The van der Waals surface area contributed by atoms with Gasteiger partial charge in [0.25, 0.3) is 0 Å². The van der Waals surface area contributed by atoms with Crippen LogP contribution in [0, 0.1) is 0 Å². The fraction of sp³-hybridized carbons (Fsp3) is 0.500. The van der Waals surface area contributed by atoms with Crippen molar-refractivity contribution >= 4 is 17.5 Å². The predicted octanol–water partition coefficient (Wildman–Crippen LogP) is 2.41. The Morgan fingerprint density at radius 3 is 2.58 bits per heavy atom. The zero-order valence-corrected chi connectivity index (χ0v) is 11.6. The van der Waals surface area contributed by atoms with Gasteiger partial charge in [-0.05, 0) is 39.0 Å². The number of carbonyl (C=O) groups is 1. The van der Waals surface area contributed by atoms with Gasteiger partial charge in [0.15, 0.2) is 0 Å². The van der Waals surface area contributed by atoms with Crippen molar-refractivity contribution in [3.63, 3.8) is 0 Å². The quantitative estimate of drug-likeness (QED) is 0.833. The van der Waals surface area contributed by atoms with E-state index < -0.39 is 5.60 Å². The molecule has 1 saturated heterocycles. The topological polar surface area (TPSA) is 64.8 Å². The molecule has 1 aliphatic rings. The summed E-state index contributed by atoms with van der Waals surface area (Å²) in [5, 5.41) is 0. The number of benzene rings is 1. The first-order valence-electron chi connectivity index (χ1n) is 6.32. The second kappa shape index (κ2) is 5.09. The number of nitrogens with zero attached hydrogens (tertiary/aromatic N) is 1. The van der Waals surface area contributed by atoms with E-state index in [1.165, 1.54) is 0 Å². The summed E-state index contributed by atoms with van der Waals surface area (Å²) in [6, 6.07) is 7.23. The summed E-state index contributed by atoms with van der Waals surface area (Å²) in [6.45, 7) is 6.58. The van der Waals surface area contributed by atoms with Crippen LogP contribution in [0.1, 0.15) is 20.8 Å². The lowest BCUT2D eigenvalue weighted by Gasteiger charge is -2.38. The van der Waals surface area contributed by atoms with Crippen LogP contribution in [0.5, 0.6) is 0 Å². The minimum Gasteiger partial charge on any atom is -0.443 e. The van der Waals surface area contributed by atoms with Crippen LogP contribution < -0.4 is 10.6 Å². The molecule has 1 amide bonds. The Hall–Kier alpha value is -1.75. The molecule has 19 heavy (non-hydrogen) atoms. The molecule has 5 nitrogen and oxygen atoms in total. The molecular weight excluding hydrogens is 244 g/mol. The summed E-state index contributed by atoms with van der Waals surface area (Å²) in [7, 11) is 0. The second-order valence-electron chi connectivity index (χ2n) is 5.64. The molecule has 2 rings (SSSR count). The van der Waals surface area contributed by atoms with Crippen molar-refractivity contribution in [3.8, 4) is 0 Å². The molecule has 0 unspecified atom stereocenters. The Morgan fingerprint density at radius 1 is 1.42 bits per heavy atom. The number of hydrogen-bond donors (Lipinski definition) is 1. The van der Waals surface area contributed by atoms with E-state index in [1.54, 1.807) is 17.0 Å². The van der Waals surface area contributed by atoms with E-state index in [4.69, 9.17) is 15.2 Å². The maximum atomic E-state index is 12.3. The monoisotopic (exact) mass is 264 g/mol. The molecule has 5 heteroatoms. The fourth-order valence-corrected chi connectivity index (χ4v) is 1.82. The number of amides is 1. The van der Waals surface area contributed by atoms with E-state index >= 15 is 0 Å². The number of ether oxygens (including phenoxy) is 2. The highest BCUT2D eigenvalue weighted by molar-refractivity contribution is 5.89. The molecule has 1 aromatic carbocycles. The van der Waals surface area contributed by atoms with Crippen molar-refractivity contribution in [3.05, 3.63) is 24.3 Å². The highest BCUT2D eigenvalue weighted by Gasteiger charge is 2.34. The third kappa shape index (κ3) is 3.38. The van der Waals surface area contributed by atoms with Gasteiger partial charge in [0.1, 0.15) is 5.60 Å². The molecule has 0 bridgehead atoms. The van der Waals surface area contributed by atoms with Gasteiger partial charge in [-0.3, -0.25) is 4.90 Å². The lowest BCUT2D eigenvalue weighted by atomic mass is 10.1. The third-order valence-electron chi connectivity index (χ3n) is 2.72. The molecule has 0 atom stereocenters. The Kier molecular flexibility index (Phi) is 3.66. The molecular formula is C14H20N2O3. The lowest BCUT2D eigenvalue weighted by molar-refractivity contribution is -0.000356. The first kappa shape index (κ1) is 13.7. The number of nitrogen functional groups attached to an aromatic ring is 1. The Balaban J connectivity index is 2.23. The zero-order chi connectivity index (χ0) is 14.0. The van der Waals surface area contributed by atoms with Gasteiger partial charge in [0.2, 0.25) is 0 Å². The lowest BCUT2D eigenvalue weighted by Crippen LogP contribution is -2.53. The largest absolute Gasteiger partial charge is 0.443 e. The molecule has 104 valence electrons. The number of rotatable bonds is 2. The molecule has 0 spiro atoms. The first-order valence-corrected chi connectivity index (χ1v) is 6.32. The van der Waals surface area contributed by atoms with Crippen molar-refractivity contribution in [2.24, 2.45) is 0 Å². The third-order valence-corrected chi connectivity index (χ3v) is 2.72. The highest BCUT2D eigenvalue weighted by Crippen LogP contribution is 2.25. The van der Waals surface area contributed by atoms with Crippen molar-refractivity contribution in [2.45, 2.75) is 32.4 Å². The van der Waals surface area contributed by atoms with Crippen molar-refractivity contribution in [1.29, 1.82) is 0 Å². The van der Waals surface area contributed by atoms with E-state index in [1.807, 2.05) is 32.9 Å². The summed E-state index contributed by atoms with van der Waals surface area (Å²) in [5.41, 5.74) is 6.60. The average Bonchev–Trinajstić information content (AvgIpc) is 2.20. The van der Waals surface area contributed by atoms with E-state index in [2.05, 4.69) is 0 Å². The maximum absolute atomic E-state index is 12.3. The molecule has 1 fully saturated rings. The number of anilines is 2. The second-order valence-corrected chi connectivity index (χ2v) is 5.64. The van der Waals surface area contributed by atoms with Gasteiger partial charge >= 0.3 is 6.09 Å². The van der Waals surface area contributed by atoms with E-state index in [0.717, 1.165) is 5.69 Å². The van der Waals surface area contributed by atoms with Crippen LogP contribution in [-0.2, 0) is 9.47 Å². The average molecular weight is 264 g/mol. The Bertz CT molecular complexity index is 464. The van der Waals surface area contributed by atoms with Crippen LogP contribution in [-0.4, -0.2) is 30.9 Å². The van der Waals surface area contributed by atoms with Gasteiger partial charge in [-0.25, -0.2) is 4.79 Å². The summed E-state index contributed by atoms with van der Waals surface area (Å²) >= 11 is 0. The standard InChI is InChI=1S/C14H20N2O3/c1-14(2,3)19-13(17)16(12-8-18-9-12)11-6-4-5-10(15)7-11/h4-7,12H,8-9,15H2,1-3H3. The molecule has 0 saturated carbocycles. The van der Waals surface area contributed by atoms with Crippen LogP contribution in [0.2, 0.25) is 0 Å². The zero-order valence-electron chi connectivity index (χ0n) is 11.6. The van der Waals surface area contributed by atoms with Gasteiger partial charge in [-0.2, -0.15) is 0 Å². The Labute approximate surface area is 113 Å². The van der Waals surface area contributed by atoms with Crippen molar-refractivity contribution in [2.75, 3.05) is 23.8 Å². The van der Waals surface area contributed by atoms with Crippen LogP contribution in [0.15, 0.2) is 24.3 Å². The van der Waals surface area contributed by atoms with E-state index in [9.17, 15) is 4.79 Å². The van der Waals surface area contributed by atoms with Crippen molar-refractivity contribution < 1.29 is 14.3 Å². The van der Waals surface area contributed by atoms with Gasteiger partial charge in [0, 0.05) is 11.4 Å². The predicted molar refractivity (Wildman–Crippen MR) is 74.2 cm³/mol. The summed E-state index contributed by atoms with van der Waals surface area (Å²) in [6.07, 6.45) is -0.369. The van der Waals surface area contributed by atoms with Crippen LogP contribution in [0.4, 0.5) is 16.2 Å². The fourth-order valence-electron chi connectivity index (χ4n) is 1.82. The molecule has 1 heterocycles. The number of carbonyl (C=O) groups excluding carboxylic acids is 1. The summed E-state index contributed by atoms with van der Waals surface area (Å²) in [4.78, 5) is 13.9. The van der Waals surface area contributed by atoms with Crippen LogP contribution in [0.25, 0.3) is 0 Å². The Morgan fingerprint density at radius 2 is 2.11 bits per heavy atom. The van der Waals surface area contributed by atoms with Crippen LogP contribution in [0.3, 0.4) is 0 Å². The molecule has 1 aliphatic heterocycles. The maximum Gasteiger partial charge on any atom is 0.415 e. The summed E-state index contributed by atoms with van der Waals surface area (Å²) in [5.74, 6) is 0. The normalized spacial score (nSPS) is 15.7. The van der Waals surface area contributed by atoms with Gasteiger partial charge in [-0.1, -0.05) is 6.07 Å². The van der Waals surface area contributed by atoms with Gasteiger partial charge in [-0.15, -0.1) is 0 Å². The minimum atomic E-state index is -0.528. The van der Waals surface area contributed by atoms with Gasteiger partial charge < -0.3 is 15.2 Å². The molecule has 0 radical (unpaired) electrons. The molecule has 1 aromatic rings. The van der Waals surface area contributed by atoms with Crippen molar-refractivity contribution in [1.82, 2.24) is 0 Å². The minimum absolute atomic E-state index is 0.0108. The van der Waals surface area contributed by atoms with E-state index in [0.29, 0.717) is 18.9 Å². The van der Waals surface area contributed by atoms with E-state index in [-0.39, 0.29) is 12.1 Å². The SMILES string of the molecule is CC(C)(C)OC(=O)N(c1cccc(N)c1)C1COC1.